The number of rotatable bonds is 2. The average Bonchev–Trinajstić information content (AvgIpc) is 2.26. The summed E-state index contributed by atoms with van der Waals surface area (Å²) in [6.07, 6.45) is 2.02. The number of aryl methyl sites for hydroxylation is 1. The number of aromatic nitrogens is 1. The maximum Gasteiger partial charge on any atom is 0.258 e. The fraction of sp³-hybridized carbons (Fsp3) is 0.308. The zero-order valence-electron chi connectivity index (χ0n) is 9.16. The van der Waals surface area contributed by atoms with Crippen molar-refractivity contribution in [3.63, 3.8) is 0 Å². The molecule has 1 aromatic carbocycles. The highest BCUT2D eigenvalue weighted by Gasteiger charge is 2.04. The summed E-state index contributed by atoms with van der Waals surface area (Å²) in [6, 6.07) is 9.87. The van der Waals surface area contributed by atoms with E-state index in [0.29, 0.717) is 0 Å². The topological polar surface area (TPSA) is 22.0 Å². The van der Waals surface area contributed by atoms with Gasteiger partial charge in [-0.2, -0.15) is 0 Å². The molecule has 0 atom stereocenters. The Kier molecular flexibility index (Phi) is 2.58. The summed E-state index contributed by atoms with van der Waals surface area (Å²) < 4.78 is 1.76. The number of benzene rings is 1. The first kappa shape index (κ1) is 9.97. The highest BCUT2D eigenvalue weighted by Crippen LogP contribution is 2.12. The number of pyridine rings is 1. The van der Waals surface area contributed by atoms with Crippen molar-refractivity contribution in [2.75, 3.05) is 0 Å². The van der Waals surface area contributed by atoms with Crippen LogP contribution in [0, 0.1) is 0 Å². The lowest BCUT2D eigenvalue weighted by atomic mass is 10.1. The van der Waals surface area contributed by atoms with Gasteiger partial charge < -0.3 is 4.57 Å². The molecule has 0 spiro atoms. The number of hydrogen-bond donors (Lipinski definition) is 0. The first-order valence-corrected chi connectivity index (χ1v) is 5.31. The minimum Gasteiger partial charge on any atom is -0.315 e. The molecule has 1 aromatic heterocycles. The number of nitrogens with zero attached hydrogens (tertiary/aromatic N) is 1. The van der Waals surface area contributed by atoms with Crippen LogP contribution in [0.2, 0.25) is 0 Å². The van der Waals surface area contributed by atoms with Gasteiger partial charge in [0, 0.05) is 18.1 Å². The van der Waals surface area contributed by atoms with Crippen molar-refractivity contribution in [1.82, 2.24) is 4.57 Å². The van der Waals surface area contributed by atoms with E-state index in [4.69, 9.17) is 0 Å². The van der Waals surface area contributed by atoms with Crippen LogP contribution >= 0.6 is 0 Å². The molecule has 0 aliphatic carbocycles. The first-order valence-electron chi connectivity index (χ1n) is 5.31. The molecule has 0 saturated carbocycles. The van der Waals surface area contributed by atoms with Gasteiger partial charge in [0.1, 0.15) is 0 Å². The Morgan fingerprint density at radius 3 is 2.73 bits per heavy atom. The SMILES string of the molecule is CCCc1cc2ccccc2c(=O)n1C. The van der Waals surface area contributed by atoms with E-state index in [9.17, 15) is 4.79 Å². The molecule has 15 heavy (non-hydrogen) atoms. The molecule has 1 heterocycles. The zero-order valence-corrected chi connectivity index (χ0v) is 9.16. The van der Waals surface area contributed by atoms with E-state index < -0.39 is 0 Å². The van der Waals surface area contributed by atoms with Gasteiger partial charge in [-0.3, -0.25) is 4.79 Å². The predicted octanol–water partition coefficient (Wildman–Crippen LogP) is 2.49. The van der Waals surface area contributed by atoms with Crippen LogP contribution in [0.1, 0.15) is 19.0 Å². The fourth-order valence-corrected chi connectivity index (χ4v) is 1.90. The van der Waals surface area contributed by atoms with Gasteiger partial charge in [-0.1, -0.05) is 31.5 Å². The Balaban J connectivity index is 2.77. The van der Waals surface area contributed by atoms with Gasteiger partial charge in [-0.05, 0) is 23.9 Å². The summed E-state index contributed by atoms with van der Waals surface area (Å²) >= 11 is 0. The fourth-order valence-electron chi connectivity index (χ4n) is 1.90. The lowest BCUT2D eigenvalue weighted by molar-refractivity contribution is 0.754. The van der Waals surface area contributed by atoms with Crippen LogP contribution in [-0.4, -0.2) is 4.57 Å². The predicted molar refractivity (Wildman–Crippen MR) is 63.2 cm³/mol. The summed E-state index contributed by atoms with van der Waals surface area (Å²) in [5.74, 6) is 0. The molecule has 2 nitrogen and oxygen atoms in total. The second-order valence-corrected chi connectivity index (χ2v) is 3.84. The van der Waals surface area contributed by atoms with Crippen LogP contribution in [0.3, 0.4) is 0 Å². The van der Waals surface area contributed by atoms with Crippen LogP contribution in [0.4, 0.5) is 0 Å². The summed E-state index contributed by atoms with van der Waals surface area (Å²) in [6.45, 7) is 2.12. The Morgan fingerprint density at radius 2 is 2.00 bits per heavy atom. The molecule has 0 amide bonds. The van der Waals surface area contributed by atoms with E-state index in [1.54, 1.807) is 4.57 Å². The van der Waals surface area contributed by atoms with Crippen LogP contribution in [0.15, 0.2) is 35.1 Å². The third-order valence-corrected chi connectivity index (χ3v) is 2.75. The minimum absolute atomic E-state index is 0.108. The maximum absolute atomic E-state index is 12.0. The largest absolute Gasteiger partial charge is 0.315 e. The molecule has 0 unspecified atom stereocenters. The van der Waals surface area contributed by atoms with Gasteiger partial charge in [0.2, 0.25) is 0 Å². The van der Waals surface area contributed by atoms with E-state index >= 15 is 0 Å². The quantitative estimate of drug-likeness (QED) is 0.731. The van der Waals surface area contributed by atoms with Gasteiger partial charge in [-0.15, -0.1) is 0 Å². The summed E-state index contributed by atoms with van der Waals surface area (Å²) in [5.41, 5.74) is 1.22. The number of fused-ring (bicyclic) bond motifs is 1. The van der Waals surface area contributed by atoms with E-state index in [2.05, 4.69) is 13.0 Å². The molecule has 2 aromatic rings. The molecule has 0 aliphatic rings. The van der Waals surface area contributed by atoms with Crippen LogP contribution in [0.25, 0.3) is 10.8 Å². The van der Waals surface area contributed by atoms with Crippen molar-refractivity contribution in [2.24, 2.45) is 7.05 Å². The van der Waals surface area contributed by atoms with Crippen molar-refractivity contribution in [1.29, 1.82) is 0 Å². The standard InChI is InChI=1S/C13H15NO/c1-3-6-11-9-10-7-4-5-8-12(10)13(15)14(11)2/h4-5,7-9H,3,6H2,1-2H3. The first-order chi connectivity index (χ1) is 7.24. The third-order valence-electron chi connectivity index (χ3n) is 2.75. The molecule has 0 radical (unpaired) electrons. The van der Waals surface area contributed by atoms with Crippen molar-refractivity contribution in [2.45, 2.75) is 19.8 Å². The smallest absolute Gasteiger partial charge is 0.258 e. The average molecular weight is 201 g/mol. The van der Waals surface area contributed by atoms with Crippen LogP contribution in [0.5, 0.6) is 0 Å². The van der Waals surface area contributed by atoms with E-state index in [1.807, 2.05) is 31.3 Å². The van der Waals surface area contributed by atoms with Gasteiger partial charge in [0.25, 0.3) is 5.56 Å². The molecule has 0 fully saturated rings. The molecule has 0 aliphatic heterocycles. The van der Waals surface area contributed by atoms with Crippen molar-refractivity contribution >= 4 is 10.8 Å². The number of hydrogen-bond acceptors (Lipinski definition) is 1. The van der Waals surface area contributed by atoms with Crippen molar-refractivity contribution in [3.8, 4) is 0 Å². The minimum atomic E-state index is 0.108. The lowest BCUT2D eigenvalue weighted by Crippen LogP contribution is -2.20. The van der Waals surface area contributed by atoms with Crippen LogP contribution in [-0.2, 0) is 13.5 Å². The molecule has 2 rings (SSSR count). The molecule has 2 heteroatoms. The van der Waals surface area contributed by atoms with Gasteiger partial charge in [-0.25, -0.2) is 0 Å². The van der Waals surface area contributed by atoms with E-state index in [0.717, 1.165) is 29.3 Å². The normalized spacial score (nSPS) is 10.8. The second kappa shape index (κ2) is 3.89. The van der Waals surface area contributed by atoms with Crippen molar-refractivity contribution in [3.05, 3.63) is 46.4 Å². The second-order valence-electron chi connectivity index (χ2n) is 3.84. The van der Waals surface area contributed by atoms with Gasteiger partial charge >= 0.3 is 0 Å². The maximum atomic E-state index is 12.0. The van der Waals surface area contributed by atoms with E-state index in [1.165, 1.54) is 0 Å². The Bertz CT molecular complexity index is 540. The molecular weight excluding hydrogens is 186 g/mol. The van der Waals surface area contributed by atoms with Gasteiger partial charge in [0.15, 0.2) is 0 Å². The van der Waals surface area contributed by atoms with Gasteiger partial charge in [0.05, 0.1) is 0 Å². The highest BCUT2D eigenvalue weighted by atomic mass is 16.1. The Hall–Kier alpha value is -1.57. The molecular formula is C13H15NO. The van der Waals surface area contributed by atoms with Crippen LogP contribution < -0.4 is 5.56 Å². The lowest BCUT2D eigenvalue weighted by Gasteiger charge is -2.08. The van der Waals surface area contributed by atoms with Crippen molar-refractivity contribution < 1.29 is 0 Å². The molecule has 0 saturated heterocycles. The van der Waals surface area contributed by atoms with E-state index in [-0.39, 0.29) is 5.56 Å². The molecule has 0 bridgehead atoms. The summed E-state index contributed by atoms with van der Waals surface area (Å²) in [7, 11) is 1.85. The monoisotopic (exact) mass is 201 g/mol. The zero-order chi connectivity index (χ0) is 10.8. The molecule has 78 valence electrons. The highest BCUT2D eigenvalue weighted by molar-refractivity contribution is 5.81. The molecule has 0 N–H and O–H groups in total. The third kappa shape index (κ3) is 1.67. The Morgan fingerprint density at radius 1 is 1.27 bits per heavy atom. The summed E-state index contributed by atoms with van der Waals surface area (Å²) in [4.78, 5) is 12.0. The Labute approximate surface area is 89.2 Å². The summed E-state index contributed by atoms with van der Waals surface area (Å²) in [5, 5.41) is 1.85.